The summed E-state index contributed by atoms with van der Waals surface area (Å²) in [6.45, 7) is 2.21. The number of nitrogens with one attached hydrogen (secondary N) is 1. The second kappa shape index (κ2) is 9.80. The van der Waals surface area contributed by atoms with E-state index >= 15 is 0 Å². The number of benzene rings is 2. The SMILES string of the molecule is CCCCCc1ccc(C=CC(=O)c2cccc3c2SCC(N)(c2nn[nH]n2)S3)cc1. The van der Waals surface area contributed by atoms with Gasteiger partial charge in [0.25, 0.3) is 0 Å². The van der Waals surface area contributed by atoms with Crippen LogP contribution in [0.3, 0.4) is 0 Å². The maximum absolute atomic E-state index is 12.9. The van der Waals surface area contributed by atoms with Gasteiger partial charge in [-0.25, -0.2) is 0 Å². The average Bonchev–Trinajstić information content (AvgIpc) is 3.34. The normalized spacial score (nSPS) is 18.3. The van der Waals surface area contributed by atoms with Crippen LogP contribution in [0.25, 0.3) is 6.08 Å². The van der Waals surface area contributed by atoms with Crippen molar-refractivity contribution in [1.82, 2.24) is 20.6 Å². The molecule has 4 rings (SSSR count). The van der Waals surface area contributed by atoms with E-state index in [1.165, 1.54) is 36.6 Å². The van der Waals surface area contributed by atoms with E-state index in [1.807, 2.05) is 24.3 Å². The van der Waals surface area contributed by atoms with Crippen molar-refractivity contribution in [2.75, 3.05) is 5.75 Å². The molecule has 3 N–H and O–H groups in total. The molecule has 0 saturated carbocycles. The van der Waals surface area contributed by atoms with Gasteiger partial charge in [-0.1, -0.05) is 73.1 Å². The number of H-pyrrole nitrogens is 1. The number of hydrogen-bond acceptors (Lipinski definition) is 7. The highest BCUT2D eigenvalue weighted by Gasteiger charge is 2.38. The van der Waals surface area contributed by atoms with E-state index in [1.54, 1.807) is 17.8 Å². The molecule has 0 saturated heterocycles. The Morgan fingerprint density at radius 3 is 2.81 bits per heavy atom. The van der Waals surface area contributed by atoms with Crippen LogP contribution in [0.2, 0.25) is 0 Å². The van der Waals surface area contributed by atoms with Gasteiger partial charge in [-0.2, -0.15) is 5.21 Å². The minimum atomic E-state index is -0.777. The van der Waals surface area contributed by atoms with Gasteiger partial charge in [0.1, 0.15) is 4.87 Å². The lowest BCUT2D eigenvalue weighted by molar-refractivity contribution is 0.104. The monoisotopic (exact) mass is 451 g/mol. The number of hydrogen-bond donors (Lipinski definition) is 2. The number of nitrogens with two attached hydrogens (primary N) is 1. The largest absolute Gasteiger partial charge is 0.309 e. The van der Waals surface area contributed by atoms with Gasteiger partial charge in [-0.15, -0.1) is 22.0 Å². The Morgan fingerprint density at radius 2 is 2.06 bits per heavy atom. The third-order valence-corrected chi connectivity index (χ3v) is 8.06. The molecule has 2 aromatic carbocycles. The molecule has 6 nitrogen and oxygen atoms in total. The van der Waals surface area contributed by atoms with Crippen LogP contribution < -0.4 is 5.73 Å². The third kappa shape index (κ3) is 5.08. The highest BCUT2D eigenvalue weighted by molar-refractivity contribution is 8.06. The number of allylic oxidation sites excluding steroid dienone is 1. The third-order valence-electron chi connectivity index (χ3n) is 5.17. The molecule has 0 bridgehead atoms. The summed E-state index contributed by atoms with van der Waals surface area (Å²) in [6, 6.07) is 14.2. The van der Waals surface area contributed by atoms with Crippen LogP contribution in [-0.4, -0.2) is 32.2 Å². The van der Waals surface area contributed by atoms with Crippen LogP contribution in [0.1, 0.15) is 53.5 Å². The average molecular weight is 452 g/mol. The van der Waals surface area contributed by atoms with Gasteiger partial charge in [-0.3, -0.25) is 4.79 Å². The number of nitrogens with zero attached hydrogens (tertiary/aromatic N) is 3. The van der Waals surface area contributed by atoms with Gasteiger partial charge in [0.15, 0.2) is 5.78 Å². The molecule has 0 spiro atoms. The van der Waals surface area contributed by atoms with Gasteiger partial charge in [0, 0.05) is 21.1 Å². The molecule has 2 heterocycles. The first-order chi connectivity index (χ1) is 15.1. The van der Waals surface area contributed by atoms with Gasteiger partial charge >= 0.3 is 0 Å². The molecule has 0 amide bonds. The van der Waals surface area contributed by atoms with Crippen LogP contribution in [-0.2, 0) is 11.3 Å². The number of aromatic nitrogens is 4. The van der Waals surface area contributed by atoms with Crippen LogP contribution in [0, 0.1) is 0 Å². The van der Waals surface area contributed by atoms with Crippen LogP contribution in [0.15, 0.2) is 58.3 Å². The lowest BCUT2D eigenvalue weighted by Gasteiger charge is -2.31. The van der Waals surface area contributed by atoms with E-state index in [4.69, 9.17) is 5.73 Å². The smallest absolute Gasteiger partial charge is 0.205 e. The van der Waals surface area contributed by atoms with Gasteiger partial charge in [0.05, 0.1) is 0 Å². The maximum atomic E-state index is 12.9. The Balaban J connectivity index is 1.46. The number of fused-ring (bicyclic) bond motifs is 1. The number of ketones is 1. The van der Waals surface area contributed by atoms with Crippen molar-refractivity contribution in [3.63, 3.8) is 0 Å². The molecule has 1 aromatic heterocycles. The highest BCUT2D eigenvalue weighted by atomic mass is 32.2. The van der Waals surface area contributed by atoms with Gasteiger partial charge < -0.3 is 5.73 Å². The molecule has 0 aliphatic carbocycles. The van der Waals surface area contributed by atoms with Crippen LogP contribution >= 0.6 is 23.5 Å². The van der Waals surface area contributed by atoms with Crippen LogP contribution in [0.4, 0.5) is 0 Å². The second-order valence-corrected chi connectivity index (χ2v) is 9.90. The molecule has 160 valence electrons. The molecule has 1 unspecified atom stereocenters. The first kappa shape index (κ1) is 21.8. The summed E-state index contributed by atoms with van der Waals surface area (Å²) in [5.41, 5.74) is 9.57. The molecule has 8 heteroatoms. The molecule has 0 radical (unpaired) electrons. The minimum absolute atomic E-state index is 0.0129. The highest BCUT2D eigenvalue weighted by Crippen LogP contribution is 2.49. The van der Waals surface area contributed by atoms with E-state index in [2.05, 4.69) is 51.8 Å². The van der Waals surface area contributed by atoms with Crippen molar-refractivity contribution in [3.05, 3.63) is 71.1 Å². The summed E-state index contributed by atoms with van der Waals surface area (Å²) in [7, 11) is 0. The fourth-order valence-electron chi connectivity index (χ4n) is 3.43. The number of carbonyl (C=O) groups is 1. The zero-order valence-corrected chi connectivity index (χ0v) is 19.0. The van der Waals surface area contributed by atoms with E-state index < -0.39 is 4.87 Å². The van der Waals surface area contributed by atoms with Crippen molar-refractivity contribution in [2.24, 2.45) is 5.73 Å². The number of carbonyl (C=O) groups excluding carboxylic acids is 1. The molecule has 31 heavy (non-hydrogen) atoms. The molecule has 3 aromatic rings. The lowest BCUT2D eigenvalue weighted by Crippen LogP contribution is -2.38. The fourth-order valence-corrected chi connectivity index (χ4v) is 6.09. The molecular formula is C23H25N5OS2. The molecular weight excluding hydrogens is 426 g/mol. The Labute approximate surface area is 190 Å². The van der Waals surface area contributed by atoms with Crippen molar-refractivity contribution in [2.45, 2.75) is 47.3 Å². The predicted octanol–water partition coefficient (Wildman–Crippen LogP) is 4.84. The Bertz CT molecular complexity index is 1070. The molecule has 1 atom stereocenters. The standard InChI is InChI=1S/C23H25N5OS2/c1-2-3-4-6-16-9-11-17(12-10-16)13-14-19(29)18-7-5-8-20-21(18)30-15-23(24,31-20)22-25-27-28-26-22/h5,7-14H,2-4,6,15,24H2,1H3,(H,25,26,27,28). The molecule has 1 aliphatic heterocycles. The van der Waals surface area contributed by atoms with Gasteiger partial charge in [0.2, 0.25) is 5.82 Å². The first-order valence-corrected chi connectivity index (χ1v) is 12.2. The summed E-state index contributed by atoms with van der Waals surface area (Å²) >= 11 is 3.03. The number of tetrazole rings is 1. The summed E-state index contributed by atoms with van der Waals surface area (Å²) < 4.78 is 0. The Hall–Kier alpha value is -2.42. The first-order valence-electron chi connectivity index (χ1n) is 10.4. The lowest BCUT2D eigenvalue weighted by atomic mass is 10.0. The zero-order valence-electron chi connectivity index (χ0n) is 17.4. The van der Waals surface area contributed by atoms with Crippen molar-refractivity contribution < 1.29 is 4.79 Å². The van der Waals surface area contributed by atoms with Gasteiger partial charge in [-0.05, 0) is 42.2 Å². The van der Waals surface area contributed by atoms with E-state index in [0.29, 0.717) is 17.1 Å². The fraction of sp³-hybridized carbons (Fsp3) is 0.304. The van der Waals surface area contributed by atoms with E-state index in [0.717, 1.165) is 21.8 Å². The topological polar surface area (TPSA) is 97.5 Å². The molecule has 1 aliphatic rings. The van der Waals surface area contributed by atoms with E-state index in [-0.39, 0.29) is 5.78 Å². The number of unbranched alkanes of at least 4 members (excludes halogenated alkanes) is 2. The Morgan fingerprint density at radius 1 is 1.23 bits per heavy atom. The summed E-state index contributed by atoms with van der Waals surface area (Å²) in [6.07, 6.45) is 8.34. The second-order valence-electron chi connectivity index (χ2n) is 7.54. The van der Waals surface area contributed by atoms with Crippen LogP contribution in [0.5, 0.6) is 0 Å². The van der Waals surface area contributed by atoms with Crippen molar-refractivity contribution in [1.29, 1.82) is 0 Å². The maximum Gasteiger partial charge on any atom is 0.205 e. The number of aromatic amines is 1. The number of thioether (sulfide) groups is 2. The predicted molar refractivity (Wildman–Crippen MR) is 126 cm³/mol. The molecule has 0 fully saturated rings. The van der Waals surface area contributed by atoms with Crippen molar-refractivity contribution >= 4 is 35.4 Å². The minimum Gasteiger partial charge on any atom is -0.309 e. The van der Waals surface area contributed by atoms with Crippen molar-refractivity contribution in [3.8, 4) is 0 Å². The number of aryl methyl sites for hydroxylation is 1. The summed E-state index contributed by atoms with van der Waals surface area (Å²) in [5, 5.41) is 14.2. The van der Waals surface area contributed by atoms with E-state index in [9.17, 15) is 4.79 Å². The Kier molecular flexibility index (Phi) is 6.89. The quantitative estimate of drug-likeness (QED) is 0.287. The zero-order chi connectivity index (χ0) is 21.7. The summed E-state index contributed by atoms with van der Waals surface area (Å²) in [4.78, 5) is 14.1. The summed E-state index contributed by atoms with van der Waals surface area (Å²) in [5.74, 6) is 1.00. The number of rotatable bonds is 8.